The van der Waals surface area contributed by atoms with Gasteiger partial charge in [-0.05, 0) is 36.2 Å². The van der Waals surface area contributed by atoms with Gasteiger partial charge in [0, 0.05) is 4.88 Å². The number of hydrogen-bond acceptors (Lipinski definition) is 7. The van der Waals surface area contributed by atoms with Crippen molar-refractivity contribution in [1.82, 2.24) is 0 Å². The first-order valence-corrected chi connectivity index (χ1v) is 10.1. The highest BCUT2D eigenvalue weighted by atomic mass is 32.1. The van der Waals surface area contributed by atoms with E-state index in [1.807, 2.05) is 0 Å². The van der Waals surface area contributed by atoms with Gasteiger partial charge >= 0.3 is 5.97 Å². The van der Waals surface area contributed by atoms with Gasteiger partial charge in [0.1, 0.15) is 30.5 Å². The molecule has 2 heterocycles. The maximum atomic E-state index is 12.2. The molecule has 8 heteroatoms. The van der Waals surface area contributed by atoms with Crippen LogP contribution in [0.2, 0.25) is 0 Å². The first-order valence-electron chi connectivity index (χ1n) is 9.25. The number of thiophene rings is 1. The molecule has 28 heavy (non-hydrogen) atoms. The van der Waals surface area contributed by atoms with Crippen molar-refractivity contribution in [2.45, 2.75) is 40.0 Å². The van der Waals surface area contributed by atoms with Gasteiger partial charge in [0.15, 0.2) is 6.61 Å². The van der Waals surface area contributed by atoms with Crippen LogP contribution >= 0.6 is 11.3 Å². The number of fused-ring (bicyclic) bond motifs is 1. The Morgan fingerprint density at radius 1 is 1.39 bits per heavy atom. The zero-order valence-corrected chi connectivity index (χ0v) is 17.1. The lowest BCUT2D eigenvalue weighted by Crippen LogP contribution is -2.26. The Balaban J connectivity index is 1.63. The van der Waals surface area contributed by atoms with Gasteiger partial charge in [0.25, 0.3) is 5.91 Å². The average Bonchev–Trinajstić information content (AvgIpc) is 3.02. The zero-order chi connectivity index (χ0) is 20.3. The predicted molar refractivity (Wildman–Crippen MR) is 104 cm³/mol. The summed E-state index contributed by atoms with van der Waals surface area (Å²) in [5.74, 6) is -0.765. The maximum Gasteiger partial charge on any atom is 0.377 e. The molecule has 3 rings (SSSR count). The van der Waals surface area contributed by atoms with Crippen molar-refractivity contribution in [3.63, 3.8) is 0 Å². The second-order valence-electron chi connectivity index (χ2n) is 7.95. The molecule has 0 fully saturated rings. The fourth-order valence-corrected chi connectivity index (χ4v) is 4.67. The number of hydrogen-bond donors (Lipinski definition) is 1. The molecule has 0 saturated carbocycles. The first kappa shape index (κ1) is 20.2. The Labute approximate surface area is 168 Å². The summed E-state index contributed by atoms with van der Waals surface area (Å²) in [4.78, 5) is 25.2. The van der Waals surface area contributed by atoms with E-state index in [1.54, 1.807) is 0 Å². The predicted octanol–water partition coefficient (Wildman–Crippen LogP) is 3.14. The van der Waals surface area contributed by atoms with Crippen molar-refractivity contribution < 1.29 is 23.8 Å². The topological polar surface area (TPSA) is 97.7 Å². The summed E-state index contributed by atoms with van der Waals surface area (Å²) in [6.07, 6.45) is 3.96. The molecule has 1 aromatic heterocycles. The number of carbonyl (C=O) groups excluding carboxylic acids is 2. The minimum absolute atomic E-state index is 0.0587. The van der Waals surface area contributed by atoms with Gasteiger partial charge in [0.2, 0.25) is 5.76 Å². The van der Waals surface area contributed by atoms with Crippen LogP contribution in [-0.4, -0.2) is 31.7 Å². The summed E-state index contributed by atoms with van der Waals surface area (Å²) in [5.41, 5.74) is 1.77. The number of esters is 1. The fraction of sp³-hybridized carbons (Fsp3) is 0.550. The van der Waals surface area contributed by atoms with Crippen LogP contribution in [0, 0.1) is 22.7 Å². The van der Waals surface area contributed by atoms with Gasteiger partial charge in [-0.1, -0.05) is 20.8 Å². The lowest BCUT2D eigenvalue weighted by Gasteiger charge is -2.33. The number of carbonyl (C=O) groups is 2. The van der Waals surface area contributed by atoms with E-state index in [4.69, 9.17) is 14.2 Å². The third kappa shape index (κ3) is 4.47. The van der Waals surface area contributed by atoms with Gasteiger partial charge in [0.05, 0.1) is 5.56 Å². The van der Waals surface area contributed by atoms with Crippen molar-refractivity contribution in [2.75, 3.05) is 25.1 Å². The van der Waals surface area contributed by atoms with Crippen molar-refractivity contribution >= 4 is 28.2 Å². The lowest BCUT2D eigenvalue weighted by atomic mass is 9.72. The number of anilines is 1. The molecule has 0 saturated heterocycles. The SMILES string of the molecule is CC(C)(C)[C@H]1CCc2c(sc(NC(=O)COC(=O)C3=COCCO3)c2C#N)C1. The van der Waals surface area contributed by atoms with Gasteiger partial charge in [-0.15, -0.1) is 11.3 Å². The van der Waals surface area contributed by atoms with Crippen LogP contribution < -0.4 is 5.32 Å². The van der Waals surface area contributed by atoms with Gasteiger partial charge in [-0.25, -0.2) is 4.79 Å². The first-order chi connectivity index (χ1) is 13.3. The van der Waals surface area contributed by atoms with Crippen LogP contribution in [0.3, 0.4) is 0 Å². The molecular formula is C20H24N2O5S. The third-order valence-electron chi connectivity index (χ3n) is 5.04. The summed E-state index contributed by atoms with van der Waals surface area (Å²) in [5, 5.41) is 12.8. The Kier molecular flexibility index (Phi) is 5.94. The van der Waals surface area contributed by atoms with Crippen molar-refractivity contribution in [1.29, 1.82) is 5.26 Å². The van der Waals surface area contributed by atoms with Crippen LogP contribution in [-0.2, 0) is 36.6 Å². The van der Waals surface area contributed by atoms with Crippen molar-refractivity contribution in [3.05, 3.63) is 28.0 Å². The second-order valence-corrected chi connectivity index (χ2v) is 9.06. The maximum absolute atomic E-state index is 12.2. The molecule has 0 aromatic carbocycles. The largest absolute Gasteiger partial charge is 0.493 e. The van der Waals surface area contributed by atoms with Crippen LogP contribution in [0.1, 0.15) is 43.2 Å². The molecule has 1 aromatic rings. The van der Waals surface area contributed by atoms with Crippen LogP contribution in [0.25, 0.3) is 0 Å². The van der Waals surface area contributed by atoms with E-state index in [-0.39, 0.29) is 17.8 Å². The number of amides is 1. The molecule has 150 valence electrons. The lowest BCUT2D eigenvalue weighted by molar-refractivity contribution is -0.148. The minimum Gasteiger partial charge on any atom is -0.493 e. The number of nitriles is 1. The monoisotopic (exact) mass is 404 g/mol. The highest BCUT2D eigenvalue weighted by Crippen LogP contribution is 2.43. The normalized spacial score (nSPS) is 18.6. The number of nitrogens with one attached hydrogen (secondary N) is 1. The number of rotatable bonds is 4. The molecule has 1 aliphatic carbocycles. The van der Waals surface area contributed by atoms with E-state index in [0.29, 0.717) is 23.1 Å². The number of nitrogens with zero attached hydrogens (tertiary/aromatic N) is 1. The highest BCUT2D eigenvalue weighted by molar-refractivity contribution is 7.16. The number of ether oxygens (including phenoxy) is 3. The van der Waals surface area contributed by atoms with Crippen LogP contribution in [0.4, 0.5) is 5.00 Å². The molecule has 1 N–H and O–H groups in total. The van der Waals surface area contributed by atoms with E-state index in [1.165, 1.54) is 17.6 Å². The highest BCUT2D eigenvalue weighted by Gasteiger charge is 2.32. The summed E-state index contributed by atoms with van der Waals surface area (Å²) in [6.45, 7) is 6.86. The molecule has 1 aliphatic heterocycles. The van der Waals surface area contributed by atoms with Gasteiger partial charge < -0.3 is 19.5 Å². The summed E-state index contributed by atoms with van der Waals surface area (Å²) in [7, 11) is 0. The molecule has 1 atom stereocenters. The minimum atomic E-state index is -0.756. The smallest absolute Gasteiger partial charge is 0.377 e. The standard InChI is InChI=1S/C20H24N2O5S/c1-20(2,3)12-4-5-13-14(9-21)18(28-16(13)8-12)22-17(23)11-27-19(24)15-10-25-6-7-26-15/h10,12H,4-8,11H2,1-3H3,(H,22,23)/t12-/m0/s1. The van der Waals surface area contributed by atoms with Crippen LogP contribution in [0.15, 0.2) is 12.0 Å². The Morgan fingerprint density at radius 2 is 2.18 bits per heavy atom. The van der Waals surface area contributed by atoms with E-state index in [9.17, 15) is 14.9 Å². The average molecular weight is 404 g/mol. The molecule has 2 aliphatic rings. The molecular weight excluding hydrogens is 380 g/mol. The molecule has 1 amide bonds. The summed E-state index contributed by atoms with van der Waals surface area (Å²) >= 11 is 1.45. The van der Waals surface area contributed by atoms with Gasteiger partial charge in [-0.2, -0.15) is 5.26 Å². The fourth-order valence-electron chi connectivity index (χ4n) is 3.37. The van der Waals surface area contributed by atoms with Gasteiger partial charge in [-0.3, -0.25) is 4.79 Å². The Bertz CT molecular complexity index is 844. The molecule has 0 bridgehead atoms. The van der Waals surface area contributed by atoms with Crippen molar-refractivity contribution in [2.24, 2.45) is 11.3 Å². The van der Waals surface area contributed by atoms with E-state index in [2.05, 4.69) is 32.2 Å². The Morgan fingerprint density at radius 3 is 2.82 bits per heavy atom. The molecule has 0 spiro atoms. The zero-order valence-electron chi connectivity index (χ0n) is 16.3. The second kappa shape index (κ2) is 8.23. The van der Waals surface area contributed by atoms with Crippen molar-refractivity contribution in [3.8, 4) is 6.07 Å². The quantitative estimate of drug-likeness (QED) is 0.774. The Hall–Kier alpha value is -2.53. The van der Waals surface area contributed by atoms with Crippen LogP contribution in [0.5, 0.6) is 0 Å². The summed E-state index contributed by atoms with van der Waals surface area (Å²) < 4.78 is 15.1. The van der Waals surface area contributed by atoms with E-state index >= 15 is 0 Å². The molecule has 0 unspecified atom stereocenters. The third-order valence-corrected chi connectivity index (χ3v) is 6.21. The summed E-state index contributed by atoms with van der Waals surface area (Å²) in [6, 6.07) is 2.22. The van der Waals surface area contributed by atoms with E-state index < -0.39 is 18.5 Å². The molecule has 7 nitrogen and oxygen atoms in total. The van der Waals surface area contributed by atoms with E-state index in [0.717, 1.165) is 29.7 Å². The molecule has 0 radical (unpaired) electrons.